The maximum atomic E-state index is 13.4. The normalized spacial score (nSPS) is 16.8. The van der Waals surface area contributed by atoms with Gasteiger partial charge in [-0.05, 0) is 44.4 Å². The zero-order valence-corrected chi connectivity index (χ0v) is 18.5. The third-order valence-corrected chi connectivity index (χ3v) is 7.33. The van der Waals surface area contributed by atoms with Crippen LogP contribution in [0.4, 0.5) is 0 Å². The molecule has 1 aromatic carbocycles. The molecular formula is C20H31ClN2O4S. The molecule has 1 atom stereocenters. The number of nitrogens with one attached hydrogen (secondary N) is 1. The molecule has 1 aromatic rings. The molecule has 158 valence electrons. The van der Waals surface area contributed by atoms with Crippen LogP contribution in [0.5, 0.6) is 5.75 Å². The molecule has 28 heavy (non-hydrogen) atoms. The number of nitrogens with zero attached hydrogens (tertiary/aromatic N) is 1. The highest BCUT2D eigenvalue weighted by atomic mass is 35.5. The van der Waals surface area contributed by atoms with E-state index in [1.165, 1.54) is 29.6 Å². The minimum atomic E-state index is -3.86. The Hall–Kier alpha value is -1.31. The lowest BCUT2D eigenvalue weighted by molar-refractivity contribution is -0.122. The Labute approximate surface area is 173 Å². The molecule has 6 nitrogen and oxygen atoms in total. The summed E-state index contributed by atoms with van der Waals surface area (Å²) in [6, 6.07) is 4.25. The average molecular weight is 431 g/mol. The number of hydrogen-bond donors (Lipinski definition) is 1. The maximum absolute atomic E-state index is 13.4. The van der Waals surface area contributed by atoms with E-state index in [1.54, 1.807) is 0 Å². The zero-order chi connectivity index (χ0) is 20.7. The number of hydrogen-bond acceptors (Lipinski definition) is 4. The van der Waals surface area contributed by atoms with Crippen molar-refractivity contribution in [2.75, 3.05) is 13.7 Å². The fourth-order valence-corrected chi connectivity index (χ4v) is 5.68. The highest BCUT2D eigenvalue weighted by molar-refractivity contribution is 7.89. The third kappa shape index (κ3) is 5.84. The molecule has 0 heterocycles. The van der Waals surface area contributed by atoms with Gasteiger partial charge in [0.2, 0.25) is 15.9 Å². The Morgan fingerprint density at radius 1 is 1.32 bits per heavy atom. The van der Waals surface area contributed by atoms with Crippen molar-refractivity contribution < 1.29 is 17.9 Å². The molecule has 0 spiro atoms. The lowest BCUT2D eigenvalue weighted by Crippen LogP contribution is -2.48. The number of carbonyl (C=O) groups is 1. The van der Waals surface area contributed by atoms with Crippen LogP contribution in [0.25, 0.3) is 0 Å². The van der Waals surface area contributed by atoms with Crippen molar-refractivity contribution in [1.29, 1.82) is 0 Å². The van der Waals surface area contributed by atoms with Crippen LogP contribution in [0, 0.1) is 0 Å². The topological polar surface area (TPSA) is 75.7 Å². The molecule has 0 radical (unpaired) electrons. The molecule has 1 saturated carbocycles. The van der Waals surface area contributed by atoms with E-state index in [9.17, 15) is 13.2 Å². The van der Waals surface area contributed by atoms with Gasteiger partial charge in [-0.15, -0.1) is 0 Å². The van der Waals surface area contributed by atoms with E-state index in [2.05, 4.69) is 12.2 Å². The van der Waals surface area contributed by atoms with Crippen LogP contribution in [0.2, 0.25) is 5.02 Å². The number of ether oxygens (including phenoxy) is 1. The zero-order valence-electron chi connectivity index (χ0n) is 16.9. The molecule has 1 amide bonds. The van der Waals surface area contributed by atoms with Crippen molar-refractivity contribution in [2.24, 2.45) is 0 Å². The smallest absolute Gasteiger partial charge is 0.243 e. The van der Waals surface area contributed by atoms with Crippen LogP contribution in [0.1, 0.15) is 58.8 Å². The number of benzene rings is 1. The van der Waals surface area contributed by atoms with Crippen molar-refractivity contribution in [3.63, 3.8) is 0 Å². The van der Waals surface area contributed by atoms with Crippen molar-refractivity contribution in [3.05, 3.63) is 23.2 Å². The van der Waals surface area contributed by atoms with Crippen molar-refractivity contribution in [1.82, 2.24) is 9.62 Å². The largest absolute Gasteiger partial charge is 0.495 e. The minimum absolute atomic E-state index is 0.0174. The Kier molecular flexibility index (Phi) is 8.58. The van der Waals surface area contributed by atoms with E-state index in [0.717, 1.165) is 44.9 Å². The fourth-order valence-electron chi connectivity index (χ4n) is 3.69. The fraction of sp³-hybridized carbons (Fsp3) is 0.650. The lowest BCUT2D eigenvalue weighted by atomic mass is 9.95. The van der Waals surface area contributed by atoms with Crippen molar-refractivity contribution >= 4 is 27.5 Å². The molecule has 2 rings (SSSR count). The summed E-state index contributed by atoms with van der Waals surface area (Å²) < 4.78 is 33.2. The minimum Gasteiger partial charge on any atom is -0.495 e. The van der Waals surface area contributed by atoms with Gasteiger partial charge < -0.3 is 10.1 Å². The van der Waals surface area contributed by atoms with Gasteiger partial charge in [0.15, 0.2) is 0 Å². The van der Waals surface area contributed by atoms with E-state index < -0.39 is 10.0 Å². The first-order valence-corrected chi connectivity index (χ1v) is 11.8. The predicted octanol–water partition coefficient (Wildman–Crippen LogP) is 3.98. The van der Waals surface area contributed by atoms with Crippen LogP contribution < -0.4 is 10.1 Å². The Morgan fingerprint density at radius 3 is 2.57 bits per heavy atom. The predicted molar refractivity (Wildman–Crippen MR) is 111 cm³/mol. The molecule has 8 heteroatoms. The van der Waals surface area contributed by atoms with Crippen LogP contribution >= 0.6 is 11.6 Å². The van der Waals surface area contributed by atoms with Gasteiger partial charge in [-0.25, -0.2) is 8.42 Å². The summed E-state index contributed by atoms with van der Waals surface area (Å²) in [7, 11) is -2.38. The molecule has 1 N–H and O–H groups in total. The van der Waals surface area contributed by atoms with Crippen molar-refractivity contribution in [2.45, 2.75) is 75.8 Å². The monoisotopic (exact) mass is 430 g/mol. The second-order valence-electron chi connectivity index (χ2n) is 7.40. The molecule has 0 bridgehead atoms. The molecule has 1 aliphatic carbocycles. The number of sulfonamides is 1. The van der Waals surface area contributed by atoms with Crippen LogP contribution in [-0.2, 0) is 14.8 Å². The Balaban J connectivity index is 2.29. The van der Waals surface area contributed by atoms with E-state index in [1.807, 2.05) is 6.92 Å². The number of methoxy groups -OCH3 is 1. The Bertz CT molecular complexity index is 763. The number of rotatable bonds is 9. The molecule has 0 aliphatic heterocycles. The molecule has 0 unspecified atom stereocenters. The summed E-state index contributed by atoms with van der Waals surface area (Å²) in [6.07, 6.45) is 6.37. The van der Waals surface area contributed by atoms with Gasteiger partial charge in [0.25, 0.3) is 0 Å². The first-order valence-electron chi connectivity index (χ1n) is 9.94. The highest BCUT2D eigenvalue weighted by Gasteiger charge is 2.34. The summed E-state index contributed by atoms with van der Waals surface area (Å²) in [6.45, 7) is 3.81. The molecule has 1 aliphatic rings. The first-order chi connectivity index (χ1) is 13.3. The highest BCUT2D eigenvalue weighted by Crippen LogP contribution is 2.31. The van der Waals surface area contributed by atoms with Gasteiger partial charge in [-0.1, -0.05) is 44.2 Å². The quantitative estimate of drug-likeness (QED) is 0.642. The molecular weight excluding hydrogens is 400 g/mol. The molecule has 0 aromatic heterocycles. The summed E-state index contributed by atoms with van der Waals surface area (Å²) in [4.78, 5) is 12.6. The summed E-state index contributed by atoms with van der Waals surface area (Å²) in [5.41, 5.74) is 0. The SMILES string of the molecule is CCC[C@H](C)NC(=O)CN(C1CCCCC1)S(=O)(=O)c1ccc(OC)c(Cl)c1. The molecule has 1 fully saturated rings. The van der Waals surface area contributed by atoms with Gasteiger partial charge in [0.1, 0.15) is 5.75 Å². The number of amides is 1. The number of carbonyl (C=O) groups excluding carboxylic acids is 1. The summed E-state index contributed by atoms with van der Waals surface area (Å²) >= 11 is 6.15. The van der Waals surface area contributed by atoms with E-state index in [4.69, 9.17) is 16.3 Å². The van der Waals surface area contributed by atoms with Gasteiger partial charge in [0, 0.05) is 12.1 Å². The summed E-state index contributed by atoms with van der Waals surface area (Å²) in [5, 5.41) is 3.14. The van der Waals surface area contributed by atoms with Gasteiger partial charge in [-0.3, -0.25) is 4.79 Å². The van der Waals surface area contributed by atoms with Crippen LogP contribution in [0.15, 0.2) is 23.1 Å². The van der Waals surface area contributed by atoms with Crippen molar-refractivity contribution in [3.8, 4) is 5.75 Å². The first kappa shape index (κ1) is 23.0. The summed E-state index contributed by atoms with van der Waals surface area (Å²) in [5.74, 6) is 0.144. The standard InChI is InChI=1S/C20H31ClN2O4S/c1-4-8-15(2)22-20(24)14-23(16-9-6-5-7-10-16)28(25,26)17-11-12-19(27-3)18(21)13-17/h11-13,15-16H,4-10,14H2,1-3H3,(H,22,24)/t15-/m0/s1. The average Bonchev–Trinajstić information content (AvgIpc) is 2.66. The Morgan fingerprint density at radius 2 is 2.00 bits per heavy atom. The second-order valence-corrected chi connectivity index (χ2v) is 9.69. The second kappa shape index (κ2) is 10.5. The van der Waals surface area contributed by atoms with Gasteiger partial charge in [0.05, 0.1) is 23.6 Å². The number of halogens is 1. The van der Waals surface area contributed by atoms with E-state index in [-0.39, 0.29) is 34.5 Å². The molecule has 0 saturated heterocycles. The van der Waals surface area contributed by atoms with Crippen LogP contribution in [-0.4, -0.2) is 44.4 Å². The van der Waals surface area contributed by atoms with E-state index >= 15 is 0 Å². The van der Waals surface area contributed by atoms with Crippen LogP contribution in [0.3, 0.4) is 0 Å². The lowest BCUT2D eigenvalue weighted by Gasteiger charge is -2.33. The van der Waals surface area contributed by atoms with Gasteiger partial charge >= 0.3 is 0 Å². The third-order valence-electron chi connectivity index (χ3n) is 5.14. The van der Waals surface area contributed by atoms with E-state index in [0.29, 0.717) is 5.75 Å². The van der Waals surface area contributed by atoms with Gasteiger partial charge in [-0.2, -0.15) is 4.31 Å². The maximum Gasteiger partial charge on any atom is 0.243 e.